The Bertz CT molecular complexity index is 731. The zero-order chi connectivity index (χ0) is 16.5. The molecule has 0 spiro atoms. The SMILES string of the molecule is COC[C@H]1[C@H](NC(=O)CCn2nnc3ccccc32)[C@H]2CCO[C@H]21. The number of hydrogen-bond donors (Lipinski definition) is 1. The molecular formula is C17H22N4O3. The molecule has 0 unspecified atom stereocenters. The number of nitrogens with one attached hydrogen (secondary N) is 1. The highest BCUT2D eigenvalue weighted by Crippen LogP contribution is 2.43. The van der Waals surface area contributed by atoms with E-state index in [1.54, 1.807) is 11.8 Å². The van der Waals surface area contributed by atoms with Crippen LogP contribution in [0.5, 0.6) is 0 Å². The van der Waals surface area contributed by atoms with Crippen LogP contribution in [0.3, 0.4) is 0 Å². The predicted octanol–water partition coefficient (Wildman–Crippen LogP) is 0.987. The number of para-hydroxylation sites is 1. The molecule has 2 fully saturated rings. The molecule has 2 heterocycles. The van der Waals surface area contributed by atoms with E-state index < -0.39 is 0 Å². The van der Waals surface area contributed by atoms with E-state index in [4.69, 9.17) is 9.47 Å². The van der Waals surface area contributed by atoms with Gasteiger partial charge in [-0.25, -0.2) is 4.68 Å². The highest BCUT2D eigenvalue weighted by molar-refractivity contribution is 5.77. The topological polar surface area (TPSA) is 78.3 Å². The highest BCUT2D eigenvalue weighted by atomic mass is 16.5. The Morgan fingerprint density at radius 1 is 1.46 bits per heavy atom. The molecule has 2 aromatic rings. The lowest BCUT2D eigenvalue weighted by Crippen LogP contribution is -2.62. The van der Waals surface area contributed by atoms with Crippen LogP contribution in [-0.2, 0) is 20.8 Å². The summed E-state index contributed by atoms with van der Waals surface area (Å²) in [6.07, 6.45) is 1.65. The summed E-state index contributed by atoms with van der Waals surface area (Å²) in [4.78, 5) is 12.4. The zero-order valence-electron chi connectivity index (χ0n) is 13.7. The molecule has 1 N–H and O–H groups in total. The number of ether oxygens (including phenoxy) is 2. The molecule has 7 nitrogen and oxygen atoms in total. The van der Waals surface area contributed by atoms with Gasteiger partial charge in [-0.05, 0) is 18.6 Å². The van der Waals surface area contributed by atoms with Crippen LogP contribution in [0.15, 0.2) is 24.3 Å². The van der Waals surface area contributed by atoms with Crippen LogP contribution in [0.1, 0.15) is 12.8 Å². The number of carbonyl (C=O) groups is 1. The molecule has 1 aromatic carbocycles. The number of nitrogens with zero attached hydrogens (tertiary/aromatic N) is 3. The van der Waals surface area contributed by atoms with Crippen molar-refractivity contribution in [3.8, 4) is 0 Å². The van der Waals surface area contributed by atoms with E-state index in [0.29, 0.717) is 25.5 Å². The molecule has 4 atom stereocenters. The lowest BCUT2D eigenvalue weighted by molar-refractivity contribution is -0.130. The van der Waals surface area contributed by atoms with Crippen molar-refractivity contribution in [2.24, 2.45) is 11.8 Å². The predicted molar refractivity (Wildman–Crippen MR) is 87.3 cm³/mol. The van der Waals surface area contributed by atoms with Crippen LogP contribution in [0.2, 0.25) is 0 Å². The average molecular weight is 330 g/mol. The van der Waals surface area contributed by atoms with Crippen molar-refractivity contribution in [1.82, 2.24) is 20.3 Å². The molecule has 2 aliphatic rings. The van der Waals surface area contributed by atoms with Gasteiger partial charge >= 0.3 is 0 Å². The normalized spacial score (nSPS) is 28.5. The third kappa shape index (κ3) is 2.67. The van der Waals surface area contributed by atoms with Gasteiger partial charge in [0.15, 0.2) is 0 Å². The van der Waals surface area contributed by atoms with Gasteiger partial charge in [-0.1, -0.05) is 17.3 Å². The molecule has 24 heavy (non-hydrogen) atoms. The number of benzene rings is 1. The second-order valence-electron chi connectivity index (χ2n) is 6.55. The lowest BCUT2D eigenvalue weighted by Gasteiger charge is -2.47. The van der Waals surface area contributed by atoms with E-state index in [1.165, 1.54) is 0 Å². The Morgan fingerprint density at radius 3 is 3.21 bits per heavy atom. The number of hydrogen-bond acceptors (Lipinski definition) is 5. The highest BCUT2D eigenvalue weighted by Gasteiger charge is 2.54. The summed E-state index contributed by atoms with van der Waals surface area (Å²) in [5.74, 6) is 0.742. The van der Waals surface area contributed by atoms with Gasteiger partial charge in [0, 0.05) is 38.0 Å². The van der Waals surface area contributed by atoms with E-state index >= 15 is 0 Å². The van der Waals surface area contributed by atoms with Gasteiger partial charge in [-0.2, -0.15) is 0 Å². The molecular weight excluding hydrogens is 308 g/mol. The summed E-state index contributed by atoms with van der Waals surface area (Å²) in [6, 6.07) is 7.93. The molecule has 1 aliphatic heterocycles. The molecule has 1 aliphatic carbocycles. The molecule has 1 aromatic heterocycles. The van der Waals surface area contributed by atoms with Gasteiger partial charge in [0.25, 0.3) is 0 Å². The standard InChI is InChI=1S/C17H22N4O3/c1-23-10-12-16(11-7-9-24-17(11)12)18-15(22)6-8-21-14-5-3-2-4-13(14)19-20-21/h2-5,11-12,16-17H,6-10H2,1H3,(H,18,22)/t11-,12+,16-,17-/m1/s1. The van der Waals surface area contributed by atoms with E-state index in [9.17, 15) is 4.79 Å². The van der Waals surface area contributed by atoms with Crippen molar-refractivity contribution in [2.75, 3.05) is 20.3 Å². The number of methoxy groups -OCH3 is 1. The Balaban J connectivity index is 1.35. The van der Waals surface area contributed by atoms with E-state index in [0.717, 1.165) is 24.1 Å². The van der Waals surface area contributed by atoms with Gasteiger partial charge in [-0.15, -0.1) is 5.10 Å². The molecule has 0 radical (unpaired) electrons. The van der Waals surface area contributed by atoms with Crippen LogP contribution >= 0.6 is 0 Å². The fourth-order valence-corrected chi connectivity index (χ4v) is 3.98. The second-order valence-corrected chi connectivity index (χ2v) is 6.55. The summed E-state index contributed by atoms with van der Waals surface area (Å²) < 4.78 is 12.8. The van der Waals surface area contributed by atoms with E-state index in [2.05, 4.69) is 15.6 Å². The fourth-order valence-electron chi connectivity index (χ4n) is 3.98. The average Bonchev–Trinajstić information content (AvgIpc) is 3.20. The molecule has 1 saturated carbocycles. The first-order valence-electron chi connectivity index (χ1n) is 8.46. The van der Waals surface area contributed by atoms with Crippen LogP contribution in [0, 0.1) is 11.8 Å². The van der Waals surface area contributed by atoms with Gasteiger partial charge in [0.1, 0.15) is 5.52 Å². The van der Waals surface area contributed by atoms with Crippen molar-refractivity contribution < 1.29 is 14.3 Å². The van der Waals surface area contributed by atoms with Gasteiger partial charge < -0.3 is 14.8 Å². The third-order valence-electron chi connectivity index (χ3n) is 5.19. The first kappa shape index (κ1) is 15.5. The lowest BCUT2D eigenvalue weighted by atomic mass is 9.67. The quantitative estimate of drug-likeness (QED) is 0.854. The molecule has 1 amide bonds. The maximum atomic E-state index is 12.4. The van der Waals surface area contributed by atoms with Gasteiger partial charge in [0.2, 0.25) is 5.91 Å². The Labute approximate surface area is 140 Å². The molecule has 7 heteroatoms. The van der Waals surface area contributed by atoms with Gasteiger partial charge in [0.05, 0.1) is 24.8 Å². The van der Waals surface area contributed by atoms with Crippen molar-refractivity contribution in [1.29, 1.82) is 0 Å². The number of fused-ring (bicyclic) bond motifs is 2. The minimum atomic E-state index is 0.0473. The van der Waals surface area contributed by atoms with Crippen LogP contribution in [0.4, 0.5) is 0 Å². The zero-order valence-corrected chi connectivity index (χ0v) is 13.7. The van der Waals surface area contributed by atoms with Gasteiger partial charge in [-0.3, -0.25) is 4.79 Å². The number of amides is 1. The van der Waals surface area contributed by atoms with Crippen molar-refractivity contribution in [2.45, 2.75) is 31.5 Å². The molecule has 128 valence electrons. The number of aromatic nitrogens is 3. The van der Waals surface area contributed by atoms with Crippen molar-refractivity contribution >= 4 is 16.9 Å². The summed E-state index contributed by atoms with van der Waals surface area (Å²) in [5, 5.41) is 11.4. The van der Waals surface area contributed by atoms with Crippen LogP contribution < -0.4 is 5.32 Å². The first-order chi connectivity index (χ1) is 11.8. The largest absolute Gasteiger partial charge is 0.384 e. The molecule has 4 rings (SSSR count). The number of rotatable bonds is 6. The van der Waals surface area contributed by atoms with Crippen LogP contribution in [0.25, 0.3) is 11.0 Å². The summed E-state index contributed by atoms with van der Waals surface area (Å²) in [6.45, 7) is 1.94. The summed E-state index contributed by atoms with van der Waals surface area (Å²) in [7, 11) is 1.69. The fraction of sp³-hybridized carbons (Fsp3) is 0.588. The second kappa shape index (κ2) is 6.49. The number of carbonyl (C=O) groups excluding carboxylic acids is 1. The third-order valence-corrected chi connectivity index (χ3v) is 5.19. The molecule has 1 saturated heterocycles. The monoisotopic (exact) mass is 330 g/mol. The smallest absolute Gasteiger partial charge is 0.222 e. The van der Waals surface area contributed by atoms with E-state index in [1.807, 2.05) is 24.3 Å². The maximum Gasteiger partial charge on any atom is 0.222 e. The van der Waals surface area contributed by atoms with E-state index in [-0.39, 0.29) is 24.0 Å². The maximum absolute atomic E-state index is 12.4. The minimum Gasteiger partial charge on any atom is -0.384 e. The summed E-state index contributed by atoms with van der Waals surface area (Å²) in [5.41, 5.74) is 1.80. The summed E-state index contributed by atoms with van der Waals surface area (Å²) >= 11 is 0. The minimum absolute atomic E-state index is 0.0473. The van der Waals surface area contributed by atoms with Crippen molar-refractivity contribution in [3.05, 3.63) is 24.3 Å². The Kier molecular flexibility index (Phi) is 4.20. The first-order valence-corrected chi connectivity index (χ1v) is 8.46. The number of aryl methyl sites for hydroxylation is 1. The Morgan fingerprint density at radius 2 is 2.33 bits per heavy atom. The van der Waals surface area contributed by atoms with Crippen LogP contribution in [-0.4, -0.2) is 53.4 Å². The Hall–Kier alpha value is -1.99. The van der Waals surface area contributed by atoms with Crippen molar-refractivity contribution in [3.63, 3.8) is 0 Å². The molecule has 0 bridgehead atoms.